The van der Waals surface area contributed by atoms with Crippen molar-refractivity contribution in [2.24, 2.45) is 0 Å². The highest BCUT2D eigenvalue weighted by molar-refractivity contribution is 6.17. The van der Waals surface area contributed by atoms with E-state index in [9.17, 15) is 0 Å². The number of halogens is 1. The Morgan fingerprint density at radius 2 is 1.89 bits per heavy atom. The van der Waals surface area contributed by atoms with E-state index in [1.807, 2.05) is 48.5 Å². The molecule has 18 heavy (non-hydrogen) atoms. The molecule has 94 valence electrons. The first-order chi connectivity index (χ1) is 8.83. The van der Waals surface area contributed by atoms with E-state index >= 15 is 0 Å². The molecule has 2 rings (SSSR count). The van der Waals surface area contributed by atoms with E-state index in [2.05, 4.69) is 0 Å². The van der Waals surface area contributed by atoms with Gasteiger partial charge in [0.25, 0.3) is 0 Å². The van der Waals surface area contributed by atoms with Crippen molar-refractivity contribution in [3.8, 4) is 11.5 Å². The van der Waals surface area contributed by atoms with E-state index in [0.29, 0.717) is 12.5 Å². The van der Waals surface area contributed by atoms with E-state index in [-0.39, 0.29) is 0 Å². The molecular weight excluding hydrogens is 248 g/mol. The SMILES string of the molecule is COCc1cccc(Oc2ccccc2CCl)c1. The van der Waals surface area contributed by atoms with Gasteiger partial charge in [-0.05, 0) is 23.8 Å². The zero-order valence-corrected chi connectivity index (χ0v) is 11.0. The molecule has 2 aromatic rings. The molecule has 0 aliphatic carbocycles. The second-order valence-electron chi connectivity index (χ2n) is 3.92. The minimum atomic E-state index is 0.438. The summed E-state index contributed by atoms with van der Waals surface area (Å²) in [5, 5.41) is 0. The lowest BCUT2D eigenvalue weighted by Crippen LogP contribution is -1.91. The smallest absolute Gasteiger partial charge is 0.131 e. The lowest BCUT2D eigenvalue weighted by atomic mass is 10.2. The Morgan fingerprint density at radius 3 is 2.67 bits per heavy atom. The first-order valence-corrected chi connectivity index (χ1v) is 6.26. The highest BCUT2D eigenvalue weighted by Gasteiger charge is 2.03. The molecule has 0 spiro atoms. The van der Waals surface area contributed by atoms with Gasteiger partial charge in [0.05, 0.1) is 12.5 Å². The molecule has 0 atom stereocenters. The summed E-state index contributed by atoms with van der Waals surface area (Å²) in [7, 11) is 1.68. The van der Waals surface area contributed by atoms with Crippen LogP contribution in [0.2, 0.25) is 0 Å². The zero-order chi connectivity index (χ0) is 12.8. The molecule has 0 N–H and O–H groups in total. The van der Waals surface area contributed by atoms with E-state index < -0.39 is 0 Å². The van der Waals surface area contributed by atoms with Gasteiger partial charge in [-0.15, -0.1) is 11.6 Å². The molecule has 0 saturated heterocycles. The van der Waals surface area contributed by atoms with Crippen molar-refractivity contribution in [3.05, 3.63) is 59.7 Å². The van der Waals surface area contributed by atoms with Gasteiger partial charge in [-0.2, -0.15) is 0 Å². The molecule has 0 amide bonds. The third-order valence-electron chi connectivity index (χ3n) is 2.55. The summed E-state index contributed by atoms with van der Waals surface area (Å²) in [6.07, 6.45) is 0. The molecule has 0 aromatic heterocycles. The number of rotatable bonds is 5. The second kappa shape index (κ2) is 6.43. The highest BCUT2D eigenvalue weighted by Crippen LogP contribution is 2.26. The monoisotopic (exact) mass is 262 g/mol. The maximum Gasteiger partial charge on any atom is 0.131 e. The highest BCUT2D eigenvalue weighted by atomic mass is 35.5. The van der Waals surface area contributed by atoms with Crippen molar-refractivity contribution in [3.63, 3.8) is 0 Å². The van der Waals surface area contributed by atoms with Crippen molar-refractivity contribution < 1.29 is 9.47 Å². The minimum Gasteiger partial charge on any atom is -0.457 e. The average molecular weight is 263 g/mol. The maximum atomic E-state index is 5.88. The molecule has 0 saturated carbocycles. The van der Waals surface area contributed by atoms with E-state index in [4.69, 9.17) is 21.1 Å². The van der Waals surface area contributed by atoms with Gasteiger partial charge >= 0.3 is 0 Å². The first kappa shape index (κ1) is 12.9. The predicted octanol–water partition coefficient (Wildman–Crippen LogP) is 4.36. The Kier molecular flexibility index (Phi) is 4.62. The van der Waals surface area contributed by atoms with Gasteiger partial charge < -0.3 is 9.47 Å². The second-order valence-corrected chi connectivity index (χ2v) is 4.19. The lowest BCUT2D eigenvalue weighted by Gasteiger charge is -2.10. The van der Waals surface area contributed by atoms with Crippen LogP contribution in [0, 0.1) is 0 Å². The summed E-state index contributed by atoms with van der Waals surface area (Å²) in [6.45, 7) is 0.578. The summed E-state index contributed by atoms with van der Waals surface area (Å²) in [4.78, 5) is 0. The van der Waals surface area contributed by atoms with Gasteiger partial charge in [-0.1, -0.05) is 30.3 Å². The number of hydrogen-bond acceptors (Lipinski definition) is 2. The number of hydrogen-bond donors (Lipinski definition) is 0. The third-order valence-corrected chi connectivity index (χ3v) is 2.84. The van der Waals surface area contributed by atoms with Gasteiger partial charge in [0.15, 0.2) is 0 Å². The molecule has 0 aliphatic rings. The number of alkyl halides is 1. The number of para-hydroxylation sites is 1. The molecule has 2 nitrogen and oxygen atoms in total. The van der Waals surface area contributed by atoms with Gasteiger partial charge in [0.2, 0.25) is 0 Å². The summed E-state index contributed by atoms with van der Waals surface area (Å²) >= 11 is 5.88. The van der Waals surface area contributed by atoms with Crippen LogP contribution in [0.5, 0.6) is 11.5 Å². The van der Waals surface area contributed by atoms with Crippen LogP contribution in [0.3, 0.4) is 0 Å². The Labute approximate surface area is 112 Å². The molecule has 0 bridgehead atoms. The fraction of sp³-hybridized carbons (Fsp3) is 0.200. The fourth-order valence-electron chi connectivity index (χ4n) is 1.71. The number of methoxy groups -OCH3 is 1. The standard InChI is InChI=1S/C15H15ClO2/c1-17-11-12-5-4-7-14(9-12)18-15-8-3-2-6-13(15)10-16/h2-9H,10-11H2,1H3. The van der Waals surface area contributed by atoms with E-state index in [1.54, 1.807) is 7.11 Å². The van der Waals surface area contributed by atoms with Crippen LogP contribution >= 0.6 is 11.6 Å². The summed E-state index contributed by atoms with van der Waals surface area (Å²) in [6, 6.07) is 15.6. The van der Waals surface area contributed by atoms with E-state index in [0.717, 1.165) is 22.6 Å². The molecule has 2 aromatic carbocycles. The van der Waals surface area contributed by atoms with Crippen molar-refractivity contribution in [2.45, 2.75) is 12.5 Å². The van der Waals surface area contributed by atoms with Crippen LogP contribution < -0.4 is 4.74 Å². The van der Waals surface area contributed by atoms with Crippen molar-refractivity contribution in [1.29, 1.82) is 0 Å². The first-order valence-electron chi connectivity index (χ1n) is 5.73. The molecule has 0 heterocycles. The Balaban J connectivity index is 2.20. The van der Waals surface area contributed by atoms with Crippen LogP contribution in [-0.4, -0.2) is 7.11 Å². The van der Waals surface area contributed by atoms with Crippen molar-refractivity contribution >= 4 is 11.6 Å². The van der Waals surface area contributed by atoms with Crippen LogP contribution in [0.4, 0.5) is 0 Å². The average Bonchev–Trinajstić information content (AvgIpc) is 2.40. The number of benzene rings is 2. The Bertz CT molecular complexity index is 511. The Morgan fingerprint density at radius 1 is 1.06 bits per heavy atom. The summed E-state index contributed by atoms with van der Waals surface area (Å²) in [5.41, 5.74) is 2.06. The normalized spacial score (nSPS) is 10.3. The predicted molar refractivity (Wildman–Crippen MR) is 73.2 cm³/mol. The van der Waals surface area contributed by atoms with Gasteiger partial charge in [-0.3, -0.25) is 0 Å². The maximum absolute atomic E-state index is 5.88. The molecule has 0 fully saturated rings. The van der Waals surface area contributed by atoms with Crippen LogP contribution in [0.25, 0.3) is 0 Å². The minimum absolute atomic E-state index is 0.438. The van der Waals surface area contributed by atoms with Crippen LogP contribution in [0.1, 0.15) is 11.1 Å². The summed E-state index contributed by atoms with van der Waals surface area (Å²) < 4.78 is 10.9. The zero-order valence-electron chi connectivity index (χ0n) is 10.2. The largest absolute Gasteiger partial charge is 0.457 e. The lowest BCUT2D eigenvalue weighted by molar-refractivity contribution is 0.184. The van der Waals surface area contributed by atoms with Gasteiger partial charge in [-0.25, -0.2) is 0 Å². The molecule has 0 aliphatic heterocycles. The van der Waals surface area contributed by atoms with Crippen molar-refractivity contribution in [2.75, 3.05) is 7.11 Å². The number of ether oxygens (including phenoxy) is 2. The van der Waals surface area contributed by atoms with Gasteiger partial charge in [0, 0.05) is 12.7 Å². The van der Waals surface area contributed by atoms with Crippen LogP contribution in [-0.2, 0) is 17.2 Å². The van der Waals surface area contributed by atoms with Crippen molar-refractivity contribution in [1.82, 2.24) is 0 Å². The molecule has 0 unspecified atom stereocenters. The molecular formula is C15H15ClO2. The molecule has 0 radical (unpaired) electrons. The van der Waals surface area contributed by atoms with E-state index in [1.165, 1.54) is 0 Å². The van der Waals surface area contributed by atoms with Crippen LogP contribution in [0.15, 0.2) is 48.5 Å². The quantitative estimate of drug-likeness (QED) is 0.745. The van der Waals surface area contributed by atoms with Gasteiger partial charge in [0.1, 0.15) is 11.5 Å². The summed E-state index contributed by atoms with van der Waals surface area (Å²) in [5.74, 6) is 2.03. The molecule has 3 heteroatoms. The Hall–Kier alpha value is -1.51. The topological polar surface area (TPSA) is 18.5 Å². The third kappa shape index (κ3) is 3.25. The fourth-order valence-corrected chi connectivity index (χ4v) is 1.93.